The molecule has 0 amide bonds. The van der Waals surface area contributed by atoms with Gasteiger partial charge in [-0.05, 0) is 30.7 Å². The smallest absolute Gasteiger partial charge is 0.194 e. The number of rotatable bonds is 3. The summed E-state index contributed by atoms with van der Waals surface area (Å²) in [6.07, 6.45) is 0. The van der Waals surface area contributed by atoms with E-state index in [-0.39, 0.29) is 5.78 Å². The molecule has 0 bridgehead atoms. The normalized spacial score (nSPS) is 10.2. The Morgan fingerprint density at radius 1 is 1.11 bits per heavy atom. The topological polar surface area (TPSA) is 26.3 Å². The molecule has 0 aliphatic carbocycles. The fraction of sp³-hybridized carbons (Fsp3) is 0.133. The second-order valence-corrected chi connectivity index (χ2v) is 4.84. The first-order valence-corrected chi connectivity index (χ1v) is 6.36. The lowest BCUT2D eigenvalue weighted by Gasteiger charge is -2.08. The van der Waals surface area contributed by atoms with Crippen LogP contribution in [0.3, 0.4) is 0 Å². The molecular formula is C15H13BrO2. The van der Waals surface area contributed by atoms with Gasteiger partial charge in [0.25, 0.3) is 0 Å². The van der Waals surface area contributed by atoms with E-state index in [9.17, 15) is 4.79 Å². The van der Waals surface area contributed by atoms with Crippen LogP contribution in [0.25, 0.3) is 0 Å². The third-order valence-corrected chi connectivity index (χ3v) is 3.50. The van der Waals surface area contributed by atoms with Crippen LogP contribution in [0.15, 0.2) is 46.9 Å². The number of ketones is 1. The second kappa shape index (κ2) is 5.36. The van der Waals surface area contributed by atoms with Crippen LogP contribution in [-0.4, -0.2) is 12.9 Å². The summed E-state index contributed by atoms with van der Waals surface area (Å²) in [5, 5.41) is 0. The Balaban J connectivity index is 2.49. The van der Waals surface area contributed by atoms with Crippen LogP contribution in [0.5, 0.6) is 5.75 Å². The Hall–Kier alpha value is -1.61. The Labute approximate surface area is 115 Å². The molecular weight excluding hydrogens is 292 g/mol. The zero-order chi connectivity index (χ0) is 13.1. The number of hydrogen-bond acceptors (Lipinski definition) is 2. The van der Waals surface area contributed by atoms with Gasteiger partial charge in [-0.25, -0.2) is 0 Å². The van der Waals surface area contributed by atoms with E-state index in [1.54, 1.807) is 13.2 Å². The standard InChI is InChI=1S/C15H13BrO2/c1-10-5-3-4-6-12(10)15(17)13-9-11(18-2)7-8-14(13)16/h3-9H,1-2H3. The van der Waals surface area contributed by atoms with Gasteiger partial charge in [-0.2, -0.15) is 0 Å². The zero-order valence-electron chi connectivity index (χ0n) is 10.2. The maximum absolute atomic E-state index is 12.5. The SMILES string of the molecule is COc1ccc(Br)c(C(=O)c2ccccc2C)c1. The molecule has 2 nitrogen and oxygen atoms in total. The van der Waals surface area contributed by atoms with Crippen LogP contribution < -0.4 is 4.74 Å². The van der Waals surface area contributed by atoms with Gasteiger partial charge >= 0.3 is 0 Å². The van der Waals surface area contributed by atoms with Crippen molar-refractivity contribution in [2.75, 3.05) is 7.11 Å². The third kappa shape index (κ3) is 2.46. The van der Waals surface area contributed by atoms with Crippen molar-refractivity contribution < 1.29 is 9.53 Å². The summed E-state index contributed by atoms with van der Waals surface area (Å²) >= 11 is 3.41. The van der Waals surface area contributed by atoms with Gasteiger partial charge in [-0.15, -0.1) is 0 Å². The van der Waals surface area contributed by atoms with Crippen molar-refractivity contribution in [3.05, 3.63) is 63.6 Å². The van der Waals surface area contributed by atoms with E-state index >= 15 is 0 Å². The van der Waals surface area contributed by atoms with Crippen LogP contribution in [0.4, 0.5) is 0 Å². The summed E-state index contributed by atoms with van der Waals surface area (Å²) in [4.78, 5) is 12.5. The lowest BCUT2D eigenvalue weighted by molar-refractivity contribution is 0.103. The Morgan fingerprint density at radius 3 is 2.50 bits per heavy atom. The Kier molecular flexibility index (Phi) is 3.82. The molecule has 0 saturated heterocycles. The second-order valence-electron chi connectivity index (χ2n) is 3.99. The molecule has 92 valence electrons. The van der Waals surface area contributed by atoms with Crippen molar-refractivity contribution in [3.63, 3.8) is 0 Å². The largest absolute Gasteiger partial charge is 0.497 e. The quantitative estimate of drug-likeness (QED) is 0.801. The average Bonchev–Trinajstić information content (AvgIpc) is 2.39. The van der Waals surface area contributed by atoms with Gasteiger partial charge in [-0.3, -0.25) is 4.79 Å². The predicted molar refractivity (Wildman–Crippen MR) is 75.3 cm³/mol. The van der Waals surface area contributed by atoms with E-state index in [4.69, 9.17) is 4.74 Å². The van der Waals surface area contributed by atoms with Crippen LogP contribution in [0.2, 0.25) is 0 Å². The number of ether oxygens (including phenoxy) is 1. The van der Waals surface area contributed by atoms with Gasteiger partial charge in [0.1, 0.15) is 5.75 Å². The molecule has 0 saturated carbocycles. The maximum Gasteiger partial charge on any atom is 0.194 e. The molecule has 0 unspecified atom stereocenters. The molecule has 18 heavy (non-hydrogen) atoms. The first-order chi connectivity index (χ1) is 8.63. The zero-order valence-corrected chi connectivity index (χ0v) is 11.8. The van der Waals surface area contributed by atoms with Crippen molar-refractivity contribution in [3.8, 4) is 5.75 Å². The van der Waals surface area contributed by atoms with Crippen LogP contribution in [0.1, 0.15) is 21.5 Å². The highest BCUT2D eigenvalue weighted by atomic mass is 79.9. The number of halogens is 1. The first kappa shape index (κ1) is 12.8. The minimum absolute atomic E-state index is 0.00104. The lowest BCUT2D eigenvalue weighted by atomic mass is 9.99. The van der Waals surface area contributed by atoms with Crippen LogP contribution >= 0.6 is 15.9 Å². The highest BCUT2D eigenvalue weighted by Gasteiger charge is 2.15. The summed E-state index contributed by atoms with van der Waals surface area (Å²) in [6.45, 7) is 1.93. The van der Waals surface area contributed by atoms with Gasteiger partial charge in [0.2, 0.25) is 0 Å². The maximum atomic E-state index is 12.5. The third-order valence-electron chi connectivity index (χ3n) is 2.81. The fourth-order valence-corrected chi connectivity index (χ4v) is 2.20. The molecule has 0 spiro atoms. The van der Waals surface area contributed by atoms with E-state index in [1.807, 2.05) is 43.3 Å². The molecule has 3 heteroatoms. The van der Waals surface area contributed by atoms with Gasteiger partial charge in [-0.1, -0.05) is 40.2 Å². The van der Waals surface area contributed by atoms with E-state index in [0.717, 1.165) is 10.0 Å². The number of carbonyl (C=O) groups excluding carboxylic acids is 1. The summed E-state index contributed by atoms with van der Waals surface area (Å²) < 4.78 is 5.93. The molecule has 0 N–H and O–H groups in total. The summed E-state index contributed by atoms with van der Waals surface area (Å²) in [5.74, 6) is 0.675. The predicted octanol–water partition coefficient (Wildman–Crippen LogP) is 4.00. The number of hydrogen-bond donors (Lipinski definition) is 0. The van der Waals surface area contributed by atoms with E-state index in [2.05, 4.69) is 15.9 Å². The molecule has 2 aromatic carbocycles. The van der Waals surface area contributed by atoms with Crippen molar-refractivity contribution >= 4 is 21.7 Å². The molecule has 0 aliphatic rings. The molecule has 2 aromatic rings. The highest BCUT2D eigenvalue weighted by Crippen LogP contribution is 2.25. The van der Waals surface area contributed by atoms with Gasteiger partial charge in [0.05, 0.1) is 7.11 Å². The molecule has 0 aliphatic heterocycles. The molecule has 2 rings (SSSR count). The van der Waals surface area contributed by atoms with Crippen molar-refractivity contribution in [2.24, 2.45) is 0 Å². The van der Waals surface area contributed by atoms with Gasteiger partial charge < -0.3 is 4.74 Å². The minimum Gasteiger partial charge on any atom is -0.497 e. The molecule has 0 radical (unpaired) electrons. The average molecular weight is 305 g/mol. The number of methoxy groups -OCH3 is 1. The van der Waals surface area contributed by atoms with Gasteiger partial charge in [0.15, 0.2) is 5.78 Å². The number of carbonyl (C=O) groups is 1. The Bertz CT molecular complexity index is 591. The van der Waals surface area contributed by atoms with Crippen molar-refractivity contribution in [1.82, 2.24) is 0 Å². The van der Waals surface area contributed by atoms with Crippen LogP contribution in [-0.2, 0) is 0 Å². The number of benzene rings is 2. The Morgan fingerprint density at radius 2 is 1.83 bits per heavy atom. The van der Waals surface area contributed by atoms with E-state index in [0.29, 0.717) is 16.9 Å². The molecule has 0 aromatic heterocycles. The molecule has 0 fully saturated rings. The summed E-state index contributed by atoms with van der Waals surface area (Å²) in [5.41, 5.74) is 2.30. The minimum atomic E-state index is -0.00104. The molecule has 0 heterocycles. The highest BCUT2D eigenvalue weighted by molar-refractivity contribution is 9.10. The van der Waals surface area contributed by atoms with Crippen molar-refractivity contribution in [2.45, 2.75) is 6.92 Å². The van der Waals surface area contributed by atoms with Gasteiger partial charge in [0, 0.05) is 15.6 Å². The summed E-state index contributed by atoms with van der Waals surface area (Å²) in [6, 6.07) is 13.0. The number of aryl methyl sites for hydroxylation is 1. The van der Waals surface area contributed by atoms with Crippen LogP contribution in [0, 0.1) is 6.92 Å². The van der Waals surface area contributed by atoms with E-state index in [1.165, 1.54) is 0 Å². The monoisotopic (exact) mass is 304 g/mol. The lowest BCUT2D eigenvalue weighted by Crippen LogP contribution is -2.04. The van der Waals surface area contributed by atoms with Crippen molar-refractivity contribution in [1.29, 1.82) is 0 Å². The fourth-order valence-electron chi connectivity index (χ4n) is 1.78. The summed E-state index contributed by atoms with van der Waals surface area (Å²) in [7, 11) is 1.59. The van der Waals surface area contributed by atoms with E-state index < -0.39 is 0 Å². The molecule has 0 atom stereocenters. The first-order valence-electron chi connectivity index (χ1n) is 5.57.